The van der Waals surface area contributed by atoms with Crippen molar-refractivity contribution in [3.8, 4) is 5.75 Å². The molecule has 3 nitrogen and oxygen atoms in total. The number of hydrogen-bond acceptors (Lipinski definition) is 3. The van der Waals surface area contributed by atoms with E-state index < -0.39 is 11.6 Å². The molecule has 0 bridgehead atoms. The molecule has 0 radical (unpaired) electrons. The maximum Gasteiger partial charge on any atom is 0.190 e. The second-order valence-corrected chi connectivity index (χ2v) is 4.61. The number of nitrogens with one attached hydrogen (secondary N) is 1. The molecule has 1 aliphatic rings. The van der Waals surface area contributed by atoms with Crippen molar-refractivity contribution in [2.75, 3.05) is 19.8 Å². The van der Waals surface area contributed by atoms with Crippen LogP contribution in [0.4, 0.5) is 8.78 Å². The standard InChI is InChI=1S/C14H19F2NO2/c1-2-17-8-10-6-12(15)14(13(16)7-10)19-9-11-4-3-5-18-11/h6-7,11,17H,2-5,8-9H2,1H3. The van der Waals surface area contributed by atoms with Gasteiger partial charge in [0.05, 0.1) is 6.10 Å². The monoisotopic (exact) mass is 271 g/mol. The Hall–Kier alpha value is -1.20. The molecule has 1 aliphatic heterocycles. The van der Waals surface area contributed by atoms with E-state index in [2.05, 4.69) is 5.32 Å². The van der Waals surface area contributed by atoms with Gasteiger partial charge in [0, 0.05) is 13.2 Å². The average Bonchev–Trinajstić information content (AvgIpc) is 2.88. The topological polar surface area (TPSA) is 30.5 Å². The van der Waals surface area contributed by atoms with E-state index >= 15 is 0 Å². The fourth-order valence-corrected chi connectivity index (χ4v) is 2.07. The summed E-state index contributed by atoms with van der Waals surface area (Å²) >= 11 is 0. The fraction of sp³-hybridized carbons (Fsp3) is 0.571. The molecule has 0 aliphatic carbocycles. The highest BCUT2D eigenvalue weighted by Gasteiger charge is 2.19. The molecule has 0 aromatic heterocycles. The van der Waals surface area contributed by atoms with Crippen LogP contribution in [-0.2, 0) is 11.3 Å². The van der Waals surface area contributed by atoms with E-state index in [1.807, 2.05) is 6.92 Å². The third kappa shape index (κ3) is 3.88. The molecule has 1 heterocycles. The summed E-state index contributed by atoms with van der Waals surface area (Å²) in [7, 11) is 0. The molecule has 1 fully saturated rings. The van der Waals surface area contributed by atoms with E-state index in [1.165, 1.54) is 12.1 Å². The number of rotatable bonds is 6. The van der Waals surface area contributed by atoms with Crippen molar-refractivity contribution in [2.45, 2.75) is 32.4 Å². The Morgan fingerprint density at radius 1 is 1.37 bits per heavy atom. The molecule has 19 heavy (non-hydrogen) atoms. The Balaban J connectivity index is 1.99. The molecule has 106 valence electrons. The van der Waals surface area contributed by atoms with Crippen LogP contribution in [0, 0.1) is 11.6 Å². The normalized spacial score (nSPS) is 18.8. The van der Waals surface area contributed by atoms with Crippen LogP contribution < -0.4 is 10.1 Å². The van der Waals surface area contributed by atoms with Gasteiger partial charge in [-0.3, -0.25) is 0 Å². The lowest BCUT2D eigenvalue weighted by atomic mass is 10.2. The van der Waals surface area contributed by atoms with Gasteiger partial charge in [-0.1, -0.05) is 6.92 Å². The van der Waals surface area contributed by atoms with Gasteiger partial charge in [-0.25, -0.2) is 8.78 Å². The molecular formula is C14H19F2NO2. The second-order valence-electron chi connectivity index (χ2n) is 4.61. The Morgan fingerprint density at radius 2 is 2.11 bits per heavy atom. The molecule has 2 rings (SSSR count). The van der Waals surface area contributed by atoms with Gasteiger partial charge >= 0.3 is 0 Å². The summed E-state index contributed by atoms with van der Waals surface area (Å²) in [6, 6.07) is 2.60. The Bertz CT molecular complexity index is 397. The second kappa shape index (κ2) is 6.82. The summed E-state index contributed by atoms with van der Waals surface area (Å²) < 4.78 is 38.1. The van der Waals surface area contributed by atoms with Crippen LogP contribution >= 0.6 is 0 Å². The first-order chi connectivity index (χ1) is 9.20. The summed E-state index contributed by atoms with van der Waals surface area (Å²) in [5.41, 5.74) is 0.571. The molecular weight excluding hydrogens is 252 g/mol. The van der Waals surface area contributed by atoms with E-state index in [0.29, 0.717) is 18.7 Å². The third-order valence-electron chi connectivity index (χ3n) is 3.07. The average molecular weight is 271 g/mol. The van der Waals surface area contributed by atoms with Crippen molar-refractivity contribution >= 4 is 0 Å². The first kappa shape index (κ1) is 14.2. The van der Waals surface area contributed by atoms with Crippen LogP contribution in [0.5, 0.6) is 5.75 Å². The van der Waals surface area contributed by atoms with E-state index in [9.17, 15) is 8.78 Å². The van der Waals surface area contributed by atoms with Crippen molar-refractivity contribution in [3.05, 3.63) is 29.3 Å². The lowest BCUT2D eigenvalue weighted by molar-refractivity contribution is 0.0650. The number of halogens is 2. The molecule has 1 unspecified atom stereocenters. The molecule has 1 aromatic carbocycles. The van der Waals surface area contributed by atoms with Crippen LogP contribution in [0.3, 0.4) is 0 Å². The van der Waals surface area contributed by atoms with Gasteiger partial charge in [-0.2, -0.15) is 0 Å². The van der Waals surface area contributed by atoms with Gasteiger partial charge < -0.3 is 14.8 Å². The molecule has 0 spiro atoms. The predicted octanol–water partition coefficient (Wildman–Crippen LogP) is 2.63. The summed E-state index contributed by atoms with van der Waals surface area (Å²) in [5.74, 6) is -1.63. The highest BCUT2D eigenvalue weighted by Crippen LogP contribution is 2.24. The summed E-state index contributed by atoms with van der Waals surface area (Å²) in [6.45, 7) is 4.02. The van der Waals surface area contributed by atoms with Crippen LogP contribution in [-0.4, -0.2) is 25.9 Å². The van der Waals surface area contributed by atoms with Crippen molar-refractivity contribution in [3.63, 3.8) is 0 Å². The summed E-state index contributed by atoms with van der Waals surface area (Å²) in [4.78, 5) is 0. The molecule has 0 amide bonds. The van der Waals surface area contributed by atoms with Crippen molar-refractivity contribution in [1.82, 2.24) is 5.32 Å². The van der Waals surface area contributed by atoms with Gasteiger partial charge in [0.15, 0.2) is 17.4 Å². The zero-order valence-corrected chi connectivity index (χ0v) is 11.0. The molecule has 0 saturated carbocycles. The highest BCUT2D eigenvalue weighted by atomic mass is 19.1. The predicted molar refractivity (Wildman–Crippen MR) is 68.2 cm³/mol. The van der Waals surface area contributed by atoms with Gasteiger partial charge in [-0.05, 0) is 37.1 Å². The zero-order valence-electron chi connectivity index (χ0n) is 11.0. The molecule has 5 heteroatoms. The van der Waals surface area contributed by atoms with Gasteiger partial charge in [-0.15, -0.1) is 0 Å². The van der Waals surface area contributed by atoms with E-state index in [4.69, 9.17) is 9.47 Å². The molecule has 1 atom stereocenters. The minimum absolute atomic E-state index is 0.0553. The molecule has 1 aromatic rings. The largest absolute Gasteiger partial charge is 0.485 e. The Labute approximate surface area is 111 Å². The van der Waals surface area contributed by atoms with Crippen LogP contribution in [0.15, 0.2) is 12.1 Å². The fourth-order valence-electron chi connectivity index (χ4n) is 2.07. The summed E-state index contributed by atoms with van der Waals surface area (Å²) in [5, 5.41) is 3.02. The van der Waals surface area contributed by atoms with Crippen LogP contribution in [0.25, 0.3) is 0 Å². The third-order valence-corrected chi connectivity index (χ3v) is 3.07. The summed E-state index contributed by atoms with van der Waals surface area (Å²) in [6.07, 6.45) is 1.79. The first-order valence-electron chi connectivity index (χ1n) is 6.63. The maximum atomic E-state index is 13.8. The quantitative estimate of drug-likeness (QED) is 0.862. The van der Waals surface area contributed by atoms with Crippen LogP contribution in [0.1, 0.15) is 25.3 Å². The molecule has 1 saturated heterocycles. The van der Waals surface area contributed by atoms with E-state index in [-0.39, 0.29) is 18.5 Å². The maximum absolute atomic E-state index is 13.8. The molecule has 1 N–H and O–H groups in total. The minimum atomic E-state index is -0.661. The SMILES string of the molecule is CCNCc1cc(F)c(OCC2CCCO2)c(F)c1. The van der Waals surface area contributed by atoms with Gasteiger partial charge in [0.2, 0.25) is 0 Å². The van der Waals surface area contributed by atoms with Crippen molar-refractivity contribution in [1.29, 1.82) is 0 Å². The van der Waals surface area contributed by atoms with Gasteiger partial charge in [0.1, 0.15) is 6.61 Å². The van der Waals surface area contributed by atoms with E-state index in [1.54, 1.807) is 0 Å². The van der Waals surface area contributed by atoms with E-state index in [0.717, 1.165) is 19.4 Å². The Kier molecular flexibility index (Phi) is 5.10. The smallest absolute Gasteiger partial charge is 0.190 e. The van der Waals surface area contributed by atoms with Gasteiger partial charge in [0.25, 0.3) is 0 Å². The Morgan fingerprint density at radius 3 is 2.68 bits per heavy atom. The highest BCUT2D eigenvalue weighted by molar-refractivity contribution is 5.31. The lowest BCUT2D eigenvalue weighted by Gasteiger charge is -2.13. The lowest BCUT2D eigenvalue weighted by Crippen LogP contribution is -2.18. The van der Waals surface area contributed by atoms with Crippen molar-refractivity contribution < 1.29 is 18.3 Å². The number of hydrogen-bond donors (Lipinski definition) is 1. The first-order valence-corrected chi connectivity index (χ1v) is 6.63. The van der Waals surface area contributed by atoms with Crippen LogP contribution in [0.2, 0.25) is 0 Å². The number of benzene rings is 1. The zero-order chi connectivity index (χ0) is 13.7. The van der Waals surface area contributed by atoms with Crippen molar-refractivity contribution in [2.24, 2.45) is 0 Å². The number of ether oxygens (including phenoxy) is 2. The minimum Gasteiger partial charge on any atom is -0.485 e.